The number of thioether (sulfide) groups is 1. The lowest BCUT2D eigenvalue weighted by Gasteiger charge is -2.20. The Hall–Kier alpha value is -2.12. The quantitative estimate of drug-likeness (QED) is 0.597. The molecule has 2 rings (SSSR count). The van der Waals surface area contributed by atoms with Gasteiger partial charge >= 0.3 is 0 Å². The van der Waals surface area contributed by atoms with Gasteiger partial charge in [0.05, 0.1) is 10.8 Å². The lowest BCUT2D eigenvalue weighted by molar-refractivity contribution is 0.0975. The molecule has 0 aliphatic heterocycles. The van der Waals surface area contributed by atoms with E-state index < -0.39 is 0 Å². The van der Waals surface area contributed by atoms with E-state index in [9.17, 15) is 10.1 Å². The summed E-state index contributed by atoms with van der Waals surface area (Å²) in [5.74, 6) is 0.220. The van der Waals surface area contributed by atoms with Crippen molar-refractivity contribution in [1.82, 2.24) is 4.98 Å². The molecule has 4 heteroatoms. The van der Waals surface area contributed by atoms with Gasteiger partial charge in [0, 0.05) is 11.3 Å². The summed E-state index contributed by atoms with van der Waals surface area (Å²) in [4.78, 5) is 17.3. The highest BCUT2D eigenvalue weighted by molar-refractivity contribution is 8.00. The van der Waals surface area contributed by atoms with Crippen molar-refractivity contribution in [2.75, 3.05) is 0 Å². The van der Waals surface area contributed by atoms with Crippen LogP contribution in [-0.4, -0.2) is 16.0 Å². The molecule has 1 heterocycles. The Morgan fingerprint density at radius 2 is 1.87 bits per heavy atom. The fraction of sp³-hybridized carbons (Fsp3) is 0.316. The third kappa shape index (κ3) is 4.00. The Bertz CT molecular complexity index is 748. The zero-order chi connectivity index (χ0) is 17.0. The molecule has 2 aromatic rings. The summed E-state index contributed by atoms with van der Waals surface area (Å²) < 4.78 is 0. The minimum Gasteiger partial charge on any atom is -0.293 e. The molecule has 118 valence electrons. The Kier molecular flexibility index (Phi) is 5.57. The van der Waals surface area contributed by atoms with Crippen LogP contribution in [0.5, 0.6) is 0 Å². The maximum atomic E-state index is 12.8. The van der Waals surface area contributed by atoms with Gasteiger partial charge in [0.25, 0.3) is 0 Å². The lowest BCUT2D eigenvalue weighted by atomic mass is 10.0. The largest absolute Gasteiger partial charge is 0.293 e. The molecule has 1 aromatic heterocycles. The van der Waals surface area contributed by atoms with Crippen LogP contribution in [0.1, 0.15) is 41.0 Å². The molecule has 1 atom stereocenters. The number of nitriles is 1. The third-order valence-electron chi connectivity index (χ3n) is 3.58. The fourth-order valence-electron chi connectivity index (χ4n) is 2.40. The SMILES string of the molecule is Cc1cc(C)c(C#N)c(S[C@@H](C(=O)c2ccccc2)C(C)C)n1. The van der Waals surface area contributed by atoms with E-state index in [0.29, 0.717) is 16.2 Å². The molecular weight excluding hydrogens is 304 g/mol. The van der Waals surface area contributed by atoms with Gasteiger partial charge in [-0.2, -0.15) is 5.26 Å². The first-order valence-electron chi connectivity index (χ1n) is 7.58. The Morgan fingerprint density at radius 3 is 2.43 bits per heavy atom. The van der Waals surface area contributed by atoms with Gasteiger partial charge in [0.2, 0.25) is 0 Å². The van der Waals surface area contributed by atoms with Crippen molar-refractivity contribution in [2.24, 2.45) is 5.92 Å². The molecule has 0 unspecified atom stereocenters. The van der Waals surface area contributed by atoms with Gasteiger partial charge in [0.1, 0.15) is 11.1 Å². The molecule has 0 N–H and O–H groups in total. The van der Waals surface area contributed by atoms with Crippen LogP contribution in [0.4, 0.5) is 0 Å². The third-order valence-corrected chi connectivity index (χ3v) is 5.12. The highest BCUT2D eigenvalue weighted by atomic mass is 32.2. The van der Waals surface area contributed by atoms with Gasteiger partial charge < -0.3 is 0 Å². The standard InChI is InChI=1S/C19H20N2OS/c1-12(2)18(17(22)15-8-6-5-7-9-15)23-19-16(11-20)13(3)10-14(4)21-19/h5-10,12,18H,1-4H3/t18-/m1/s1. The number of pyridine rings is 1. The highest BCUT2D eigenvalue weighted by Crippen LogP contribution is 2.32. The van der Waals surface area contributed by atoms with Crippen LogP contribution < -0.4 is 0 Å². The molecule has 0 aliphatic rings. The van der Waals surface area contributed by atoms with Gasteiger partial charge in [-0.3, -0.25) is 4.79 Å². The monoisotopic (exact) mass is 324 g/mol. The Labute approximate surface area is 141 Å². The van der Waals surface area contributed by atoms with E-state index in [2.05, 4.69) is 11.1 Å². The van der Waals surface area contributed by atoms with Gasteiger partial charge in [-0.05, 0) is 31.4 Å². The van der Waals surface area contributed by atoms with Crippen molar-refractivity contribution in [3.05, 3.63) is 58.8 Å². The molecule has 0 saturated carbocycles. The number of carbonyl (C=O) groups excluding carboxylic acids is 1. The number of aryl methyl sites for hydroxylation is 2. The molecule has 0 amide bonds. The summed E-state index contributed by atoms with van der Waals surface area (Å²) in [6.45, 7) is 7.85. The maximum absolute atomic E-state index is 12.8. The van der Waals surface area contributed by atoms with Crippen LogP contribution >= 0.6 is 11.8 Å². The summed E-state index contributed by atoms with van der Waals surface area (Å²) in [5.41, 5.74) is 3.02. The van der Waals surface area contributed by atoms with Crippen molar-refractivity contribution in [3.8, 4) is 6.07 Å². The molecule has 0 spiro atoms. The number of Topliss-reactive ketones (excluding diaryl/α,β-unsaturated/α-hetero) is 1. The molecule has 0 fully saturated rings. The first kappa shape index (κ1) is 17.2. The zero-order valence-corrected chi connectivity index (χ0v) is 14.6. The molecule has 3 nitrogen and oxygen atoms in total. The van der Waals surface area contributed by atoms with Gasteiger partial charge in [-0.1, -0.05) is 55.9 Å². The van der Waals surface area contributed by atoms with Crippen molar-refractivity contribution in [3.63, 3.8) is 0 Å². The minimum absolute atomic E-state index is 0.0791. The van der Waals surface area contributed by atoms with E-state index in [0.717, 1.165) is 11.3 Å². The van der Waals surface area contributed by atoms with E-state index in [-0.39, 0.29) is 17.0 Å². The summed E-state index contributed by atoms with van der Waals surface area (Å²) >= 11 is 1.40. The number of nitrogens with zero attached hydrogens (tertiary/aromatic N) is 2. The van der Waals surface area contributed by atoms with E-state index >= 15 is 0 Å². The van der Waals surface area contributed by atoms with Gasteiger partial charge in [-0.25, -0.2) is 4.98 Å². The summed E-state index contributed by atoms with van der Waals surface area (Å²) in [5, 5.41) is 9.79. The van der Waals surface area contributed by atoms with Crippen molar-refractivity contribution in [1.29, 1.82) is 5.26 Å². The number of hydrogen-bond donors (Lipinski definition) is 0. The summed E-state index contributed by atoms with van der Waals surface area (Å²) in [7, 11) is 0. The Balaban J connectivity index is 2.39. The fourth-order valence-corrected chi connectivity index (χ4v) is 3.68. The van der Waals surface area contributed by atoms with E-state index in [1.54, 1.807) is 0 Å². The maximum Gasteiger partial charge on any atom is 0.176 e. The molecular formula is C19H20N2OS. The zero-order valence-electron chi connectivity index (χ0n) is 13.8. The first-order valence-corrected chi connectivity index (χ1v) is 8.46. The van der Waals surface area contributed by atoms with Gasteiger partial charge in [0.15, 0.2) is 5.78 Å². The highest BCUT2D eigenvalue weighted by Gasteiger charge is 2.26. The summed E-state index contributed by atoms with van der Waals surface area (Å²) in [6, 6.07) is 13.4. The van der Waals surface area contributed by atoms with E-state index in [4.69, 9.17) is 0 Å². The van der Waals surface area contributed by atoms with Crippen LogP contribution in [0.25, 0.3) is 0 Å². The van der Waals surface area contributed by atoms with Crippen LogP contribution in [0.3, 0.4) is 0 Å². The minimum atomic E-state index is -0.266. The molecule has 0 bridgehead atoms. The normalized spacial score (nSPS) is 12.0. The smallest absolute Gasteiger partial charge is 0.176 e. The molecule has 0 radical (unpaired) electrons. The number of aromatic nitrogens is 1. The van der Waals surface area contributed by atoms with Crippen LogP contribution in [0.15, 0.2) is 41.4 Å². The van der Waals surface area contributed by atoms with E-state index in [1.165, 1.54) is 11.8 Å². The van der Waals surface area contributed by atoms with Crippen LogP contribution in [0.2, 0.25) is 0 Å². The second kappa shape index (κ2) is 7.43. The number of benzene rings is 1. The average molecular weight is 324 g/mol. The second-order valence-corrected chi connectivity index (χ2v) is 7.02. The van der Waals surface area contributed by atoms with E-state index in [1.807, 2.05) is 64.1 Å². The van der Waals surface area contributed by atoms with Gasteiger partial charge in [-0.15, -0.1) is 0 Å². The molecule has 0 aliphatic carbocycles. The van der Waals surface area contributed by atoms with Crippen molar-refractivity contribution < 1.29 is 4.79 Å². The summed E-state index contributed by atoms with van der Waals surface area (Å²) in [6.07, 6.45) is 0. The topological polar surface area (TPSA) is 53.8 Å². The lowest BCUT2D eigenvalue weighted by Crippen LogP contribution is -2.23. The number of hydrogen-bond acceptors (Lipinski definition) is 4. The predicted molar refractivity (Wildman–Crippen MR) is 93.7 cm³/mol. The number of ketones is 1. The second-order valence-electron chi connectivity index (χ2n) is 5.89. The first-order chi connectivity index (χ1) is 10.9. The van der Waals surface area contributed by atoms with Crippen LogP contribution in [0, 0.1) is 31.1 Å². The number of rotatable bonds is 5. The Morgan fingerprint density at radius 1 is 1.22 bits per heavy atom. The molecule has 0 saturated heterocycles. The average Bonchev–Trinajstić information content (AvgIpc) is 2.52. The molecule has 23 heavy (non-hydrogen) atoms. The van der Waals surface area contributed by atoms with Crippen molar-refractivity contribution >= 4 is 17.5 Å². The predicted octanol–water partition coefficient (Wildman–Crippen LogP) is 4.57. The molecule has 1 aromatic carbocycles. The van der Waals surface area contributed by atoms with Crippen molar-refractivity contribution in [2.45, 2.75) is 38.0 Å². The van der Waals surface area contributed by atoms with Crippen LogP contribution in [-0.2, 0) is 0 Å². The number of carbonyl (C=O) groups is 1.